The Labute approximate surface area is 303 Å². The van der Waals surface area contributed by atoms with Crippen LogP contribution in [0, 0.1) is 5.92 Å². The number of allylic oxidation sites excluding steroid dienone is 3. The highest BCUT2D eigenvalue weighted by molar-refractivity contribution is 6.89. The molecule has 0 radical (unpaired) electrons. The molecular weight excluding hydrogens is 627 g/mol. The molecular formula is C45H61N3OSi+2. The molecule has 0 spiro atoms. The third-order valence-corrected chi connectivity index (χ3v) is 13.6. The summed E-state index contributed by atoms with van der Waals surface area (Å²) in [6, 6.07) is 16.5. The minimum atomic E-state index is -1.68. The highest BCUT2D eigenvalue weighted by atomic mass is 28.3. The molecule has 0 amide bonds. The van der Waals surface area contributed by atoms with Crippen LogP contribution in [0.1, 0.15) is 120 Å². The third kappa shape index (κ3) is 7.32. The first-order chi connectivity index (χ1) is 23.9. The first-order valence-corrected chi connectivity index (χ1v) is 22.8. The molecule has 264 valence electrons. The Morgan fingerprint density at radius 3 is 2.46 bits per heavy atom. The van der Waals surface area contributed by atoms with Gasteiger partial charge in [-0.15, -0.1) is 0 Å². The lowest BCUT2D eigenvalue weighted by molar-refractivity contribution is -0.728. The standard InChI is InChI=1S/C45H61N3OSi/c1-10-15-31(4)46-32(5)24-36-20-21-39-37-18-13-14-19-38(37)43-27-40(30(2)3)44(50(7,8)9)28-48(43)45(39)33(6)47-23-22-35(25-34-16-11-12-17-34)26-42(47)41(36)29-49/h10,13-15,18-19,22-23,26-28,30,32,34,39,45,49H,6,11-12,16-17,20-21,24-25,29H2,1-5,7-9H3/q+2/b15-10-,41-36+,46-31-. The number of benzene rings is 1. The number of hydrogen-bond donors (Lipinski definition) is 1. The number of nitrogens with zero attached hydrogens (tertiary/aromatic N) is 3. The van der Waals surface area contributed by atoms with Crippen LogP contribution in [-0.4, -0.2) is 31.5 Å². The van der Waals surface area contributed by atoms with E-state index in [1.165, 1.54) is 64.4 Å². The molecule has 3 aromatic rings. The fourth-order valence-corrected chi connectivity index (χ4v) is 11.0. The van der Waals surface area contributed by atoms with Crippen LogP contribution in [0.2, 0.25) is 19.6 Å². The number of rotatable bonds is 9. The zero-order chi connectivity index (χ0) is 35.7. The molecule has 2 aromatic heterocycles. The summed E-state index contributed by atoms with van der Waals surface area (Å²) in [5.74, 6) is 1.44. The van der Waals surface area contributed by atoms with Crippen molar-refractivity contribution in [1.82, 2.24) is 0 Å². The van der Waals surface area contributed by atoms with Gasteiger partial charge in [-0.2, -0.15) is 9.13 Å². The summed E-state index contributed by atoms with van der Waals surface area (Å²) in [7, 11) is -1.68. The zero-order valence-corrected chi connectivity index (χ0v) is 33.1. The fraction of sp³-hybridized carbons (Fsp3) is 0.489. The van der Waals surface area contributed by atoms with Crippen LogP contribution in [0.3, 0.4) is 0 Å². The minimum Gasteiger partial charge on any atom is -0.391 e. The predicted octanol–water partition coefficient (Wildman–Crippen LogP) is 9.49. The van der Waals surface area contributed by atoms with Crippen LogP contribution in [0.4, 0.5) is 0 Å². The monoisotopic (exact) mass is 687 g/mol. The van der Waals surface area contributed by atoms with E-state index in [1.54, 1.807) is 0 Å². The molecule has 1 aromatic carbocycles. The van der Waals surface area contributed by atoms with Crippen LogP contribution in [0.15, 0.2) is 84.2 Å². The molecule has 1 N–H and O–H groups in total. The molecule has 3 aliphatic rings. The van der Waals surface area contributed by atoms with Gasteiger partial charge in [0.2, 0.25) is 23.1 Å². The molecule has 1 saturated carbocycles. The van der Waals surface area contributed by atoms with Crippen LogP contribution in [0.5, 0.6) is 0 Å². The summed E-state index contributed by atoms with van der Waals surface area (Å²) >= 11 is 0. The molecule has 50 heavy (non-hydrogen) atoms. The van der Waals surface area contributed by atoms with Gasteiger partial charge < -0.3 is 5.11 Å². The van der Waals surface area contributed by atoms with Crippen molar-refractivity contribution in [2.24, 2.45) is 10.9 Å². The first kappa shape index (κ1) is 36.4. The normalized spacial score (nSPS) is 22.1. The van der Waals surface area contributed by atoms with E-state index in [-0.39, 0.29) is 24.6 Å². The maximum Gasteiger partial charge on any atom is 0.249 e. The van der Waals surface area contributed by atoms with E-state index < -0.39 is 8.07 Å². The summed E-state index contributed by atoms with van der Waals surface area (Å²) in [5.41, 5.74) is 12.5. The molecule has 6 rings (SSSR count). The summed E-state index contributed by atoms with van der Waals surface area (Å²) in [5, 5.41) is 12.8. The minimum absolute atomic E-state index is 0.00689. The van der Waals surface area contributed by atoms with Crippen molar-refractivity contribution >= 4 is 30.2 Å². The van der Waals surface area contributed by atoms with Gasteiger partial charge in [0.15, 0.2) is 12.4 Å². The van der Waals surface area contributed by atoms with E-state index in [4.69, 9.17) is 11.6 Å². The maximum atomic E-state index is 11.3. The highest BCUT2D eigenvalue weighted by Crippen LogP contribution is 2.46. The smallest absolute Gasteiger partial charge is 0.249 e. The Bertz CT molecular complexity index is 1840. The Morgan fingerprint density at radius 2 is 1.78 bits per heavy atom. The second-order valence-corrected chi connectivity index (χ2v) is 21.8. The topological polar surface area (TPSA) is 40.4 Å². The summed E-state index contributed by atoms with van der Waals surface area (Å²) in [4.78, 5) is 5.06. The quantitative estimate of drug-likeness (QED) is 0.136. The van der Waals surface area contributed by atoms with Crippen LogP contribution in [-0.2, 0) is 6.42 Å². The Morgan fingerprint density at radius 1 is 1.04 bits per heavy atom. The van der Waals surface area contributed by atoms with E-state index >= 15 is 0 Å². The number of fused-ring (bicyclic) bond motifs is 7. The summed E-state index contributed by atoms with van der Waals surface area (Å²) in [6.45, 7) is 23.5. The Kier molecular flexibility index (Phi) is 11.0. The van der Waals surface area contributed by atoms with Crippen LogP contribution in [0.25, 0.3) is 22.5 Å². The summed E-state index contributed by atoms with van der Waals surface area (Å²) in [6.07, 6.45) is 18.1. The molecule has 3 atom stereocenters. The van der Waals surface area contributed by atoms with Gasteiger partial charge in [0.1, 0.15) is 0 Å². The van der Waals surface area contributed by atoms with E-state index in [1.807, 2.05) is 6.92 Å². The molecule has 0 saturated heterocycles. The van der Waals surface area contributed by atoms with Crippen molar-refractivity contribution in [3.05, 3.63) is 102 Å². The molecule has 4 nitrogen and oxygen atoms in total. The number of hydrogen-bond acceptors (Lipinski definition) is 2. The van der Waals surface area contributed by atoms with Gasteiger partial charge in [-0.3, -0.25) is 4.99 Å². The second-order valence-electron chi connectivity index (χ2n) is 16.7. The average molecular weight is 688 g/mol. The number of pyridine rings is 2. The zero-order valence-electron chi connectivity index (χ0n) is 32.1. The van der Waals surface area contributed by atoms with E-state index in [9.17, 15) is 5.11 Å². The van der Waals surface area contributed by atoms with Crippen molar-refractivity contribution in [3.8, 4) is 11.3 Å². The molecule has 2 aliphatic heterocycles. The molecule has 4 heterocycles. The number of aliphatic imine (C=N–C) groups is 1. The molecule has 1 aliphatic carbocycles. The van der Waals surface area contributed by atoms with E-state index in [0.29, 0.717) is 5.92 Å². The number of aromatic nitrogens is 2. The fourth-order valence-electron chi connectivity index (χ4n) is 9.22. The van der Waals surface area contributed by atoms with Gasteiger partial charge >= 0.3 is 0 Å². The number of aliphatic hydroxyl groups excluding tert-OH is 1. The Balaban J connectivity index is 1.57. The van der Waals surface area contributed by atoms with Gasteiger partial charge in [0.25, 0.3) is 0 Å². The van der Waals surface area contributed by atoms with Gasteiger partial charge in [-0.1, -0.05) is 89.0 Å². The molecule has 1 fully saturated rings. The van der Waals surface area contributed by atoms with Gasteiger partial charge in [0.05, 0.1) is 26.6 Å². The lowest BCUT2D eigenvalue weighted by Gasteiger charge is -2.32. The maximum absolute atomic E-state index is 11.3. The van der Waals surface area contributed by atoms with Crippen molar-refractivity contribution in [2.75, 3.05) is 6.61 Å². The van der Waals surface area contributed by atoms with E-state index in [0.717, 1.165) is 54.3 Å². The average Bonchev–Trinajstić information content (AvgIpc) is 3.59. The van der Waals surface area contributed by atoms with Crippen molar-refractivity contribution < 1.29 is 14.2 Å². The Hall–Kier alpha value is -3.41. The van der Waals surface area contributed by atoms with Gasteiger partial charge in [0, 0.05) is 40.2 Å². The van der Waals surface area contributed by atoms with Gasteiger partial charge in [-0.25, -0.2) is 0 Å². The SMILES string of the molecule is C=C1C2C(CC/C(CC(C)/N=C(C)\C=C/C)=C(/CO)c3cc(CC4CCCC4)cc[n+]31)c1ccccc1-c1cc(C(C)C)c([Si](C)(C)C)c[n+]12. The summed E-state index contributed by atoms with van der Waals surface area (Å²) < 4.78 is 4.95. The highest BCUT2D eigenvalue weighted by Gasteiger charge is 2.48. The van der Waals surface area contributed by atoms with Crippen molar-refractivity contribution in [1.29, 1.82) is 0 Å². The van der Waals surface area contributed by atoms with Crippen LogP contribution < -0.4 is 14.3 Å². The lowest BCUT2D eigenvalue weighted by atomic mass is 9.78. The molecule has 5 heteroatoms. The number of aliphatic hydroxyl groups is 1. The van der Waals surface area contributed by atoms with Crippen molar-refractivity contribution in [2.45, 2.75) is 130 Å². The lowest BCUT2D eigenvalue weighted by Crippen LogP contribution is -2.57. The largest absolute Gasteiger partial charge is 0.391 e. The molecule has 0 bridgehead atoms. The third-order valence-electron chi connectivity index (χ3n) is 11.6. The van der Waals surface area contributed by atoms with Gasteiger partial charge in [-0.05, 0) is 93.7 Å². The van der Waals surface area contributed by atoms with Crippen molar-refractivity contribution in [3.63, 3.8) is 0 Å². The molecule has 3 unspecified atom stereocenters. The predicted molar refractivity (Wildman–Crippen MR) is 214 cm³/mol. The first-order valence-electron chi connectivity index (χ1n) is 19.3. The van der Waals surface area contributed by atoms with Crippen LogP contribution >= 0.6 is 0 Å². The second kappa shape index (κ2) is 15.1. The van der Waals surface area contributed by atoms with E-state index in [2.05, 4.69) is 123 Å².